The van der Waals surface area contributed by atoms with Crippen LogP contribution in [0.15, 0.2) is 60.7 Å². The molecule has 0 aliphatic carbocycles. The van der Waals surface area contributed by atoms with Crippen LogP contribution in [-0.4, -0.2) is 18.0 Å². The molecule has 1 aliphatic rings. The van der Waals surface area contributed by atoms with Gasteiger partial charge in [-0.25, -0.2) is 0 Å². The number of benzene rings is 2. The molecule has 0 N–H and O–H groups in total. The first-order chi connectivity index (χ1) is 8.45. The van der Waals surface area contributed by atoms with Gasteiger partial charge in [-0.15, -0.1) is 0 Å². The van der Waals surface area contributed by atoms with Crippen LogP contribution in [0, 0.1) is 6.04 Å². The molecular weight excluding hydrogens is 206 g/mol. The van der Waals surface area contributed by atoms with Crippen LogP contribution in [0.5, 0.6) is 0 Å². The molecule has 0 unspecified atom stereocenters. The molecule has 17 heavy (non-hydrogen) atoms. The topological polar surface area (TPSA) is 3.24 Å². The van der Waals surface area contributed by atoms with Crippen LogP contribution in [0.4, 0.5) is 0 Å². The summed E-state index contributed by atoms with van der Waals surface area (Å²) in [6, 6.07) is 22.7. The summed E-state index contributed by atoms with van der Waals surface area (Å²) in [5.74, 6) is 0. The third-order valence-corrected chi connectivity index (χ3v) is 3.27. The molecule has 1 heterocycles. The van der Waals surface area contributed by atoms with Gasteiger partial charge in [0.1, 0.15) is 0 Å². The molecule has 0 atom stereocenters. The Balaban J connectivity index is 1.98. The first-order valence-electron chi connectivity index (χ1n) is 6.18. The van der Waals surface area contributed by atoms with E-state index in [-0.39, 0.29) is 0 Å². The van der Waals surface area contributed by atoms with Gasteiger partial charge in [-0.05, 0) is 17.5 Å². The van der Waals surface area contributed by atoms with Crippen molar-refractivity contribution in [3.8, 4) is 0 Å². The van der Waals surface area contributed by atoms with Gasteiger partial charge < -0.3 is 0 Å². The summed E-state index contributed by atoms with van der Waals surface area (Å²) in [4.78, 5) is 2.46. The molecule has 85 valence electrons. The summed E-state index contributed by atoms with van der Waals surface area (Å²) >= 11 is 0. The molecule has 1 aliphatic heterocycles. The summed E-state index contributed by atoms with van der Waals surface area (Å²) in [6.07, 6.45) is 1.31. The fraction of sp³-hybridized carbons (Fsp3) is 0.188. The maximum atomic E-state index is 2.46. The molecule has 0 bridgehead atoms. The highest BCUT2D eigenvalue weighted by Crippen LogP contribution is 2.30. The smallest absolute Gasteiger partial charge is 0.0987 e. The van der Waals surface area contributed by atoms with E-state index in [1.807, 2.05) is 0 Å². The van der Waals surface area contributed by atoms with Gasteiger partial charge in [-0.3, -0.25) is 4.90 Å². The largest absolute Gasteiger partial charge is 0.288 e. The van der Waals surface area contributed by atoms with Crippen molar-refractivity contribution in [3.05, 3.63) is 77.8 Å². The highest BCUT2D eigenvalue weighted by Gasteiger charge is 2.27. The minimum Gasteiger partial charge on any atom is -0.288 e. The molecule has 1 nitrogen and oxygen atoms in total. The van der Waals surface area contributed by atoms with E-state index in [1.54, 1.807) is 0 Å². The molecule has 1 fully saturated rings. The minimum atomic E-state index is 1.18. The lowest BCUT2D eigenvalue weighted by Gasteiger charge is -2.38. The van der Waals surface area contributed by atoms with Gasteiger partial charge in [-0.1, -0.05) is 60.7 Å². The molecule has 0 aromatic heterocycles. The lowest BCUT2D eigenvalue weighted by molar-refractivity contribution is 0.212. The summed E-state index contributed by atoms with van der Waals surface area (Å²) in [5.41, 5.74) is 2.64. The first kappa shape index (κ1) is 10.5. The van der Waals surface area contributed by atoms with Crippen LogP contribution < -0.4 is 0 Å². The summed E-state index contributed by atoms with van der Waals surface area (Å²) in [6.45, 7) is 2.36. The van der Waals surface area contributed by atoms with Crippen LogP contribution in [0.1, 0.15) is 17.5 Å². The van der Waals surface area contributed by atoms with Crippen LogP contribution in [-0.2, 0) is 0 Å². The molecule has 2 aromatic rings. The van der Waals surface area contributed by atoms with Crippen LogP contribution in [0.25, 0.3) is 0 Å². The van der Waals surface area contributed by atoms with Gasteiger partial charge in [0.05, 0.1) is 6.04 Å². The predicted octanol–water partition coefficient (Wildman–Crippen LogP) is 3.32. The summed E-state index contributed by atoms with van der Waals surface area (Å²) < 4.78 is 0. The van der Waals surface area contributed by atoms with E-state index in [9.17, 15) is 0 Å². The van der Waals surface area contributed by atoms with Crippen molar-refractivity contribution in [1.29, 1.82) is 0 Å². The maximum absolute atomic E-state index is 2.46. The van der Waals surface area contributed by atoms with Crippen molar-refractivity contribution in [2.24, 2.45) is 0 Å². The highest BCUT2D eigenvalue weighted by atomic mass is 15.2. The van der Waals surface area contributed by atoms with Crippen molar-refractivity contribution < 1.29 is 0 Å². The molecular formula is C16H16N. The molecule has 1 heteroatoms. The van der Waals surface area contributed by atoms with E-state index in [0.717, 1.165) is 0 Å². The van der Waals surface area contributed by atoms with E-state index in [1.165, 1.54) is 36.7 Å². The first-order valence-corrected chi connectivity index (χ1v) is 6.18. The lowest BCUT2D eigenvalue weighted by atomic mass is 9.95. The van der Waals surface area contributed by atoms with E-state index < -0.39 is 0 Å². The number of nitrogens with zero attached hydrogens (tertiary/aromatic N) is 1. The number of hydrogen-bond acceptors (Lipinski definition) is 1. The second kappa shape index (κ2) is 4.72. The molecule has 0 saturated carbocycles. The molecule has 0 amide bonds. The summed E-state index contributed by atoms with van der Waals surface area (Å²) in [7, 11) is 0. The Kier molecular flexibility index (Phi) is 2.93. The Hall–Kier alpha value is -1.60. The van der Waals surface area contributed by atoms with Crippen molar-refractivity contribution in [2.45, 2.75) is 6.42 Å². The van der Waals surface area contributed by atoms with Crippen LogP contribution >= 0.6 is 0 Å². The van der Waals surface area contributed by atoms with Crippen molar-refractivity contribution in [2.75, 3.05) is 13.1 Å². The number of rotatable bonds is 3. The molecule has 1 saturated heterocycles. The maximum Gasteiger partial charge on any atom is 0.0987 e. The SMILES string of the molecule is c1ccc([C](c2ccccc2)N2CCC2)cc1. The Morgan fingerprint density at radius 1 is 0.706 bits per heavy atom. The predicted molar refractivity (Wildman–Crippen MR) is 70.5 cm³/mol. The Bertz CT molecular complexity index is 420. The zero-order chi connectivity index (χ0) is 11.5. The van der Waals surface area contributed by atoms with Gasteiger partial charge >= 0.3 is 0 Å². The van der Waals surface area contributed by atoms with Gasteiger partial charge in [0.15, 0.2) is 0 Å². The number of likely N-dealkylation sites (tertiary alicyclic amines) is 1. The van der Waals surface area contributed by atoms with Crippen molar-refractivity contribution >= 4 is 0 Å². The fourth-order valence-corrected chi connectivity index (χ4v) is 2.26. The Morgan fingerprint density at radius 3 is 1.53 bits per heavy atom. The Labute approximate surface area is 103 Å². The third kappa shape index (κ3) is 2.11. The third-order valence-electron chi connectivity index (χ3n) is 3.27. The fourth-order valence-electron chi connectivity index (χ4n) is 2.26. The zero-order valence-corrected chi connectivity index (χ0v) is 9.84. The van der Waals surface area contributed by atoms with Gasteiger partial charge in [0.25, 0.3) is 0 Å². The van der Waals surface area contributed by atoms with Crippen LogP contribution in [0.3, 0.4) is 0 Å². The van der Waals surface area contributed by atoms with Crippen molar-refractivity contribution in [1.82, 2.24) is 4.90 Å². The average Bonchev–Trinajstić information content (AvgIpc) is 2.36. The van der Waals surface area contributed by atoms with E-state index >= 15 is 0 Å². The minimum absolute atomic E-state index is 1.18. The average molecular weight is 222 g/mol. The van der Waals surface area contributed by atoms with Gasteiger partial charge in [-0.2, -0.15) is 0 Å². The van der Waals surface area contributed by atoms with E-state index in [2.05, 4.69) is 65.6 Å². The van der Waals surface area contributed by atoms with E-state index in [0.29, 0.717) is 0 Å². The van der Waals surface area contributed by atoms with Gasteiger partial charge in [0.2, 0.25) is 0 Å². The highest BCUT2D eigenvalue weighted by molar-refractivity contribution is 5.44. The quantitative estimate of drug-likeness (QED) is 0.770. The van der Waals surface area contributed by atoms with Crippen LogP contribution in [0.2, 0.25) is 0 Å². The Morgan fingerprint density at radius 2 is 1.18 bits per heavy atom. The monoisotopic (exact) mass is 222 g/mol. The summed E-state index contributed by atoms with van der Waals surface area (Å²) in [5, 5.41) is 0. The molecule has 1 radical (unpaired) electrons. The second-order valence-electron chi connectivity index (χ2n) is 4.42. The lowest BCUT2D eigenvalue weighted by Crippen LogP contribution is -2.41. The molecule has 3 rings (SSSR count). The number of hydrogen-bond donors (Lipinski definition) is 0. The van der Waals surface area contributed by atoms with E-state index in [4.69, 9.17) is 0 Å². The van der Waals surface area contributed by atoms with Gasteiger partial charge in [0, 0.05) is 13.1 Å². The van der Waals surface area contributed by atoms with Crippen molar-refractivity contribution in [3.63, 3.8) is 0 Å². The normalized spacial score (nSPS) is 15.8. The molecule has 2 aromatic carbocycles. The second-order valence-corrected chi connectivity index (χ2v) is 4.42. The molecule has 0 spiro atoms. The zero-order valence-electron chi connectivity index (χ0n) is 9.84. The standard InChI is InChI=1S/C16H16N/c1-3-8-14(9-4-1)16(17-12-7-13-17)15-10-5-2-6-11-15/h1-6,8-11H,7,12-13H2.